The molecular weight excluding hydrogens is 188 g/mol. The lowest BCUT2D eigenvalue weighted by Crippen LogP contribution is -2.28. The molecular formula is C10H19F2NO. The molecule has 1 fully saturated rings. The van der Waals surface area contributed by atoms with Gasteiger partial charge < -0.3 is 9.64 Å². The Labute approximate surface area is 84.2 Å². The molecule has 0 spiro atoms. The first-order valence-corrected chi connectivity index (χ1v) is 5.27. The number of ether oxygens (including phenoxy) is 1. The minimum atomic E-state index is -2.93. The Hall–Kier alpha value is -0.220. The maximum Gasteiger partial charge on any atom is 0.355 e. The van der Waals surface area contributed by atoms with E-state index >= 15 is 0 Å². The molecule has 0 radical (unpaired) electrons. The van der Waals surface area contributed by atoms with Crippen molar-refractivity contribution in [3.8, 4) is 0 Å². The summed E-state index contributed by atoms with van der Waals surface area (Å²) in [5, 5.41) is 0. The zero-order valence-corrected chi connectivity index (χ0v) is 8.93. The van der Waals surface area contributed by atoms with Crippen LogP contribution in [0.2, 0.25) is 0 Å². The predicted octanol–water partition coefficient (Wildman–Crippen LogP) is 2.49. The molecule has 1 atom stereocenters. The lowest BCUT2D eigenvalue weighted by Gasteiger charge is -2.21. The van der Waals surface area contributed by atoms with E-state index in [4.69, 9.17) is 0 Å². The van der Waals surface area contributed by atoms with Crippen LogP contribution in [-0.2, 0) is 4.74 Å². The van der Waals surface area contributed by atoms with Crippen molar-refractivity contribution in [3.05, 3.63) is 0 Å². The van der Waals surface area contributed by atoms with E-state index in [9.17, 15) is 8.78 Å². The molecule has 0 aromatic rings. The third-order valence-corrected chi connectivity index (χ3v) is 2.85. The quantitative estimate of drug-likeness (QED) is 0.686. The number of hydrogen-bond acceptors (Lipinski definition) is 2. The zero-order valence-electron chi connectivity index (χ0n) is 8.93. The highest BCUT2D eigenvalue weighted by atomic mass is 19.3. The van der Waals surface area contributed by atoms with E-state index in [1.54, 1.807) is 0 Å². The number of halogens is 2. The summed E-state index contributed by atoms with van der Waals surface area (Å²) >= 11 is 0. The molecule has 1 rings (SSSR count). The summed E-state index contributed by atoms with van der Waals surface area (Å²) < 4.78 is 29.9. The fourth-order valence-corrected chi connectivity index (χ4v) is 1.79. The predicted molar refractivity (Wildman–Crippen MR) is 51.5 cm³/mol. The lowest BCUT2D eigenvalue weighted by molar-refractivity contribution is -0.240. The Bertz CT molecular complexity index is 176. The van der Waals surface area contributed by atoms with Gasteiger partial charge in [-0.1, -0.05) is 6.92 Å². The lowest BCUT2D eigenvalue weighted by atomic mass is 10.1. The van der Waals surface area contributed by atoms with Crippen LogP contribution in [0, 0.1) is 0 Å². The average Bonchev–Trinajstić information content (AvgIpc) is 2.52. The fourth-order valence-electron chi connectivity index (χ4n) is 1.79. The van der Waals surface area contributed by atoms with Gasteiger partial charge in [0.1, 0.15) is 0 Å². The van der Waals surface area contributed by atoms with Crippen LogP contribution in [0.15, 0.2) is 0 Å². The van der Waals surface area contributed by atoms with Gasteiger partial charge in [-0.3, -0.25) is 0 Å². The molecule has 1 aliphatic heterocycles. The highest BCUT2D eigenvalue weighted by Crippen LogP contribution is 2.22. The Morgan fingerprint density at radius 2 is 2.21 bits per heavy atom. The summed E-state index contributed by atoms with van der Waals surface area (Å²) in [4.78, 5) is 2.22. The maximum absolute atomic E-state index is 12.7. The first kappa shape index (κ1) is 11.9. The number of nitrogens with zero attached hydrogens (tertiary/aromatic N) is 1. The van der Waals surface area contributed by atoms with Gasteiger partial charge in [0.05, 0.1) is 6.61 Å². The molecule has 0 bridgehead atoms. The Morgan fingerprint density at radius 3 is 2.71 bits per heavy atom. The van der Waals surface area contributed by atoms with Gasteiger partial charge in [0.2, 0.25) is 0 Å². The highest BCUT2D eigenvalue weighted by molar-refractivity contribution is 4.75. The second-order valence-corrected chi connectivity index (χ2v) is 3.90. The van der Waals surface area contributed by atoms with Crippen LogP contribution in [0.1, 0.15) is 32.6 Å². The van der Waals surface area contributed by atoms with Gasteiger partial charge >= 0.3 is 6.11 Å². The minimum Gasteiger partial charge on any atom is -0.320 e. The van der Waals surface area contributed by atoms with Crippen LogP contribution in [0.5, 0.6) is 0 Å². The molecule has 1 unspecified atom stereocenters. The van der Waals surface area contributed by atoms with Gasteiger partial charge in [-0.2, -0.15) is 8.78 Å². The van der Waals surface area contributed by atoms with Crippen molar-refractivity contribution in [2.45, 2.75) is 44.8 Å². The number of alkyl halides is 2. The van der Waals surface area contributed by atoms with Crippen molar-refractivity contribution < 1.29 is 13.5 Å². The van der Waals surface area contributed by atoms with E-state index in [1.807, 2.05) is 7.05 Å². The molecule has 14 heavy (non-hydrogen) atoms. The van der Waals surface area contributed by atoms with Crippen molar-refractivity contribution in [1.29, 1.82) is 0 Å². The molecule has 0 N–H and O–H groups in total. The first-order valence-electron chi connectivity index (χ1n) is 5.27. The SMILES string of the molecule is CCC(F)(F)OCCC1CCCN1C. The standard InChI is InChI=1S/C10H19F2NO/c1-3-10(11,12)14-8-6-9-5-4-7-13(9)2/h9H,3-8H2,1-2H3. The number of hydrogen-bond donors (Lipinski definition) is 0. The monoisotopic (exact) mass is 207 g/mol. The van der Waals surface area contributed by atoms with Crippen LogP contribution in [0.3, 0.4) is 0 Å². The molecule has 4 heteroatoms. The minimum absolute atomic E-state index is 0.163. The average molecular weight is 207 g/mol. The van der Waals surface area contributed by atoms with Gasteiger partial charge in [0.15, 0.2) is 0 Å². The maximum atomic E-state index is 12.7. The summed E-state index contributed by atoms with van der Waals surface area (Å²) in [7, 11) is 2.04. The summed E-state index contributed by atoms with van der Waals surface area (Å²) in [6.45, 7) is 2.67. The van der Waals surface area contributed by atoms with Crippen molar-refractivity contribution in [1.82, 2.24) is 4.90 Å². The smallest absolute Gasteiger partial charge is 0.320 e. The van der Waals surface area contributed by atoms with E-state index in [0.29, 0.717) is 12.5 Å². The third-order valence-electron chi connectivity index (χ3n) is 2.85. The van der Waals surface area contributed by atoms with Crippen LogP contribution in [0.25, 0.3) is 0 Å². The summed E-state index contributed by atoms with van der Waals surface area (Å²) in [5.74, 6) is 0. The van der Waals surface area contributed by atoms with E-state index in [1.165, 1.54) is 13.3 Å². The van der Waals surface area contributed by atoms with Gasteiger partial charge in [0.25, 0.3) is 0 Å². The molecule has 0 aliphatic carbocycles. The zero-order chi connectivity index (χ0) is 10.6. The van der Waals surface area contributed by atoms with E-state index < -0.39 is 6.11 Å². The van der Waals surface area contributed by atoms with Crippen LogP contribution in [-0.4, -0.2) is 37.2 Å². The Balaban J connectivity index is 2.15. The molecule has 2 nitrogen and oxygen atoms in total. The second kappa shape index (κ2) is 5.03. The van der Waals surface area contributed by atoms with Crippen molar-refractivity contribution in [2.75, 3.05) is 20.2 Å². The summed E-state index contributed by atoms with van der Waals surface area (Å²) in [6.07, 6.45) is -0.181. The fraction of sp³-hybridized carbons (Fsp3) is 1.00. The van der Waals surface area contributed by atoms with Crippen LogP contribution < -0.4 is 0 Å². The molecule has 1 heterocycles. The van der Waals surface area contributed by atoms with Gasteiger partial charge in [-0.25, -0.2) is 0 Å². The molecule has 0 saturated carbocycles. The van der Waals surface area contributed by atoms with Crippen molar-refractivity contribution in [2.24, 2.45) is 0 Å². The number of likely N-dealkylation sites (tertiary alicyclic amines) is 1. The highest BCUT2D eigenvalue weighted by Gasteiger charge is 2.28. The topological polar surface area (TPSA) is 12.5 Å². The molecule has 0 amide bonds. The molecule has 1 saturated heterocycles. The molecule has 0 aromatic carbocycles. The molecule has 1 aliphatic rings. The van der Waals surface area contributed by atoms with Crippen molar-refractivity contribution in [3.63, 3.8) is 0 Å². The second-order valence-electron chi connectivity index (χ2n) is 3.90. The molecule has 0 aromatic heterocycles. The Kier molecular flexibility index (Phi) is 4.26. The van der Waals surface area contributed by atoms with Gasteiger partial charge in [-0.15, -0.1) is 0 Å². The summed E-state index contributed by atoms with van der Waals surface area (Å²) in [5.41, 5.74) is 0. The Morgan fingerprint density at radius 1 is 1.50 bits per heavy atom. The first-order chi connectivity index (χ1) is 6.55. The van der Waals surface area contributed by atoms with Crippen molar-refractivity contribution >= 4 is 0 Å². The largest absolute Gasteiger partial charge is 0.355 e. The van der Waals surface area contributed by atoms with E-state index in [2.05, 4.69) is 9.64 Å². The van der Waals surface area contributed by atoms with E-state index in [-0.39, 0.29) is 13.0 Å². The molecule has 84 valence electrons. The summed E-state index contributed by atoms with van der Waals surface area (Å²) in [6, 6.07) is 0.433. The number of rotatable bonds is 5. The third kappa shape index (κ3) is 3.50. The van der Waals surface area contributed by atoms with Gasteiger partial charge in [-0.05, 0) is 32.9 Å². The van der Waals surface area contributed by atoms with Crippen LogP contribution in [0.4, 0.5) is 8.78 Å². The van der Waals surface area contributed by atoms with E-state index in [0.717, 1.165) is 13.0 Å². The normalized spacial score (nSPS) is 24.4. The van der Waals surface area contributed by atoms with Gasteiger partial charge in [0, 0.05) is 12.5 Å². The van der Waals surface area contributed by atoms with Crippen LogP contribution >= 0.6 is 0 Å².